The van der Waals surface area contributed by atoms with Crippen molar-refractivity contribution >= 4 is 5.78 Å². The normalized spacial score (nSPS) is 41.3. The topological polar surface area (TPSA) is 57.5 Å². The van der Waals surface area contributed by atoms with Crippen molar-refractivity contribution in [2.45, 2.75) is 44.8 Å². The monoisotopic (exact) mass is 286 g/mol. The van der Waals surface area contributed by atoms with E-state index in [-0.39, 0.29) is 5.78 Å². The fourth-order valence-corrected chi connectivity index (χ4v) is 5.15. The van der Waals surface area contributed by atoms with E-state index in [0.29, 0.717) is 24.2 Å². The second-order valence-electron chi connectivity index (χ2n) is 7.03. The molecular weight excluding hydrogens is 264 g/mol. The largest absolute Gasteiger partial charge is 0.367 e. The van der Waals surface area contributed by atoms with Gasteiger partial charge in [-0.1, -0.05) is 31.1 Å². The van der Waals surface area contributed by atoms with Crippen molar-refractivity contribution in [2.24, 2.45) is 23.2 Å². The van der Waals surface area contributed by atoms with Gasteiger partial charge < -0.3 is 10.2 Å². The van der Waals surface area contributed by atoms with E-state index in [9.17, 15) is 15.0 Å². The summed E-state index contributed by atoms with van der Waals surface area (Å²) in [5.74, 6) is 1.72. The van der Waals surface area contributed by atoms with Crippen LogP contribution >= 0.6 is 0 Å². The van der Waals surface area contributed by atoms with Gasteiger partial charge in [0, 0.05) is 0 Å². The van der Waals surface area contributed by atoms with Gasteiger partial charge in [0.25, 0.3) is 0 Å². The third-order valence-electron chi connectivity index (χ3n) is 6.24. The van der Waals surface area contributed by atoms with Crippen molar-refractivity contribution in [3.05, 3.63) is 35.5 Å². The second kappa shape index (κ2) is 4.65. The number of fused-ring (bicyclic) bond motifs is 4. The van der Waals surface area contributed by atoms with Gasteiger partial charge in [0.2, 0.25) is 0 Å². The third-order valence-corrected chi connectivity index (χ3v) is 6.24. The van der Waals surface area contributed by atoms with Crippen LogP contribution in [0.4, 0.5) is 0 Å². The average Bonchev–Trinajstić information content (AvgIpc) is 2.85. The summed E-state index contributed by atoms with van der Waals surface area (Å²) in [4.78, 5) is 12.3. The van der Waals surface area contributed by atoms with Crippen LogP contribution in [0.25, 0.3) is 0 Å². The summed E-state index contributed by atoms with van der Waals surface area (Å²) in [6, 6.07) is 0. The van der Waals surface area contributed by atoms with Gasteiger partial charge in [0.15, 0.2) is 12.1 Å². The van der Waals surface area contributed by atoms with Gasteiger partial charge in [-0.05, 0) is 60.7 Å². The van der Waals surface area contributed by atoms with Gasteiger partial charge in [-0.2, -0.15) is 0 Å². The summed E-state index contributed by atoms with van der Waals surface area (Å²) in [5.41, 5.74) is 0.983. The summed E-state index contributed by atoms with van der Waals surface area (Å²) in [5, 5.41) is 19.7. The molecule has 0 aromatic heterocycles. The van der Waals surface area contributed by atoms with E-state index in [4.69, 9.17) is 0 Å². The average molecular weight is 286 g/mol. The summed E-state index contributed by atoms with van der Waals surface area (Å²) >= 11 is 0. The highest BCUT2D eigenvalue weighted by atomic mass is 16.5. The summed E-state index contributed by atoms with van der Waals surface area (Å²) in [7, 11) is 0. The molecule has 0 aromatic carbocycles. The Balaban J connectivity index is 1.83. The lowest BCUT2D eigenvalue weighted by Gasteiger charge is -2.46. The molecule has 0 amide bonds. The molecule has 3 heteroatoms. The first kappa shape index (κ1) is 13.5. The maximum absolute atomic E-state index is 12.3. The molecule has 4 aliphatic carbocycles. The predicted molar refractivity (Wildman–Crippen MR) is 79.1 cm³/mol. The van der Waals surface area contributed by atoms with Crippen molar-refractivity contribution in [2.75, 3.05) is 0 Å². The van der Waals surface area contributed by atoms with E-state index >= 15 is 0 Å². The molecule has 1 fully saturated rings. The Kier molecular flexibility index (Phi) is 2.98. The lowest BCUT2D eigenvalue weighted by molar-refractivity contribution is -0.152. The maximum Gasteiger partial charge on any atom is 0.171 e. The van der Waals surface area contributed by atoms with Crippen molar-refractivity contribution in [3.63, 3.8) is 0 Å². The molecule has 0 radical (unpaired) electrons. The van der Waals surface area contributed by atoms with Crippen LogP contribution in [0.3, 0.4) is 0 Å². The molecule has 3 nitrogen and oxygen atoms in total. The molecule has 1 saturated carbocycles. The summed E-state index contributed by atoms with van der Waals surface area (Å²) < 4.78 is 0. The first-order chi connectivity index (χ1) is 10.1. The number of hydrogen-bond acceptors (Lipinski definition) is 3. The molecule has 0 spiro atoms. The van der Waals surface area contributed by atoms with E-state index in [1.807, 2.05) is 6.08 Å². The molecule has 0 aromatic rings. The number of rotatable bonds is 1. The highest BCUT2D eigenvalue weighted by molar-refractivity contribution is 6.02. The lowest BCUT2D eigenvalue weighted by atomic mass is 9.58. The second-order valence-corrected chi connectivity index (χ2v) is 7.03. The number of aliphatic hydroxyl groups is 2. The van der Waals surface area contributed by atoms with E-state index in [1.165, 1.54) is 37.3 Å². The number of ketones is 1. The van der Waals surface area contributed by atoms with Crippen LogP contribution in [0.2, 0.25) is 0 Å². The van der Waals surface area contributed by atoms with Gasteiger partial charge >= 0.3 is 0 Å². The van der Waals surface area contributed by atoms with Gasteiger partial charge in [-0.25, -0.2) is 0 Å². The molecule has 0 aliphatic heterocycles. The number of hydrogen-bond donors (Lipinski definition) is 2. The fraction of sp³-hybridized carbons (Fsp3) is 0.611. The standard InChI is InChI=1S/C18H22O3/c19-16-8-7-15-14-6-5-11-3-1-2-4-12(11)13(14)9-10-18(15,16)17(20)21/h5-8,11-13,17,20-21H,1-4,9-10H2/t11?,12-,13+,18+/m0/s1. The molecule has 21 heavy (non-hydrogen) atoms. The zero-order valence-electron chi connectivity index (χ0n) is 12.2. The van der Waals surface area contributed by atoms with Crippen LogP contribution in [0.15, 0.2) is 35.5 Å². The summed E-state index contributed by atoms with van der Waals surface area (Å²) in [6.45, 7) is 0. The zero-order chi connectivity index (χ0) is 14.6. The van der Waals surface area contributed by atoms with Gasteiger partial charge in [0.1, 0.15) is 5.41 Å². The first-order valence-corrected chi connectivity index (χ1v) is 8.16. The SMILES string of the molecule is O=C1C=CC2=C3C=CC4CCCC[C@@H]4[C@H]3CC[C@]12C(O)O. The third kappa shape index (κ3) is 1.71. The Hall–Kier alpha value is -1.19. The Labute approximate surface area is 125 Å². The quantitative estimate of drug-likeness (QED) is 0.728. The van der Waals surface area contributed by atoms with Crippen LogP contribution in [0, 0.1) is 23.2 Å². The smallest absolute Gasteiger partial charge is 0.171 e. The molecular formula is C18H22O3. The molecule has 0 heterocycles. The molecule has 0 saturated heterocycles. The van der Waals surface area contributed by atoms with E-state index < -0.39 is 11.7 Å². The zero-order valence-corrected chi connectivity index (χ0v) is 12.2. The van der Waals surface area contributed by atoms with Crippen molar-refractivity contribution in [1.29, 1.82) is 0 Å². The molecule has 4 rings (SSSR count). The minimum Gasteiger partial charge on any atom is -0.367 e. The van der Waals surface area contributed by atoms with E-state index in [0.717, 1.165) is 12.0 Å². The number of carbonyl (C=O) groups is 1. The molecule has 4 atom stereocenters. The number of carbonyl (C=O) groups excluding carboxylic acids is 1. The maximum atomic E-state index is 12.3. The Morgan fingerprint density at radius 3 is 2.71 bits per heavy atom. The Bertz CT molecular complexity index is 569. The first-order valence-electron chi connectivity index (χ1n) is 8.16. The van der Waals surface area contributed by atoms with Crippen molar-refractivity contribution in [3.8, 4) is 0 Å². The predicted octanol–water partition coefficient (Wildman–Crippen LogP) is 2.51. The molecule has 1 unspecified atom stereocenters. The molecule has 0 bridgehead atoms. The number of aliphatic hydroxyl groups excluding tert-OH is 1. The lowest BCUT2D eigenvalue weighted by Crippen LogP contribution is -2.46. The number of allylic oxidation sites excluding steroid dienone is 5. The van der Waals surface area contributed by atoms with E-state index in [2.05, 4.69) is 12.2 Å². The Morgan fingerprint density at radius 2 is 1.90 bits per heavy atom. The molecule has 2 N–H and O–H groups in total. The van der Waals surface area contributed by atoms with Gasteiger partial charge in [0.05, 0.1) is 0 Å². The highest BCUT2D eigenvalue weighted by Crippen LogP contribution is 2.55. The van der Waals surface area contributed by atoms with Crippen LogP contribution in [0.1, 0.15) is 38.5 Å². The Morgan fingerprint density at radius 1 is 1.10 bits per heavy atom. The van der Waals surface area contributed by atoms with Crippen LogP contribution < -0.4 is 0 Å². The van der Waals surface area contributed by atoms with Crippen LogP contribution in [0.5, 0.6) is 0 Å². The minimum atomic E-state index is -1.60. The summed E-state index contributed by atoms with van der Waals surface area (Å²) in [6.07, 6.45) is 12.9. The van der Waals surface area contributed by atoms with Crippen molar-refractivity contribution < 1.29 is 15.0 Å². The van der Waals surface area contributed by atoms with E-state index in [1.54, 1.807) is 0 Å². The van der Waals surface area contributed by atoms with Crippen LogP contribution in [-0.4, -0.2) is 22.3 Å². The van der Waals surface area contributed by atoms with Gasteiger partial charge in [-0.3, -0.25) is 4.79 Å². The van der Waals surface area contributed by atoms with Crippen molar-refractivity contribution in [1.82, 2.24) is 0 Å². The fourth-order valence-electron chi connectivity index (χ4n) is 5.15. The van der Waals surface area contributed by atoms with Crippen LogP contribution in [-0.2, 0) is 4.79 Å². The highest BCUT2D eigenvalue weighted by Gasteiger charge is 2.54. The molecule has 4 aliphatic rings. The minimum absolute atomic E-state index is 0.141. The molecule has 112 valence electrons. The van der Waals surface area contributed by atoms with Gasteiger partial charge in [-0.15, -0.1) is 0 Å².